The molecule has 0 aliphatic carbocycles. The van der Waals surface area contributed by atoms with Crippen LogP contribution in [0.15, 0.2) is 48.5 Å². The van der Waals surface area contributed by atoms with Gasteiger partial charge < -0.3 is 14.8 Å². The van der Waals surface area contributed by atoms with E-state index in [0.29, 0.717) is 0 Å². The molecule has 0 spiro atoms. The maximum absolute atomic E-state index is 13.6. The summed E-state index contributed by atoms with van der Waals surface area (Å²) in [6, 6.07) is 9.78. The van der Waals surface area contributed by atoms with Gasteiger partial charge in [0, 0.05) is 13.1 Å². The van der Waals surface area contributed by atoms with Gasteiger partial charge in [0.2, 0.25) is 0 Å². The van der Waals surface area contributed by atoms with Crippen molar-refractivity contribution in [3.8, 4) is 5.75 Å². The largest absolute Gasteiger partial charge is 0.483 e. The molecule has 1 amide bonds. The fraction of sp³-hybridized carbons (Fsp3) is 0.417. The third-order valence-electron chi connectivity index (χ3n) is 4.44. The molecule has 0 fully saturated rings. The molecule has 1 N–H and O–H groups in total. The van der Waals surface area contributed by atoms with E-state index in [4.69, 9.17) is 9.47 Å². The lowest BCUT2D eigenvalue weighted by atomic mass is 10.1. The summed E-state index contributed by atoms with van der Waals surface area (Å²) in [4.78, 5) is 26.0. The van der Waals surface area contributed by atoms with Crippen LogP contribution >= 0.6 is 0 Å². The number of halogens is 4. The molecular formula is C24H28F4N2O4. The number of amides is 1. The molecule has 0 aromatic heterocycles. The maximum Gasteiger partial charge on any atom is 0.409 e. The van der Waals surface area contributed by atoms with Gasteiger partial charge in [-0.3, -0.25) is 9.69 Å². The van der Waals surface area contributed by atoms with Crippen LogP contribution in [0.4, 0.5) is 17.6 Å². The zero-order valence-electron chi connectivity index (χ0n) is 19.4. The van der Waals surface area contributed by atoms with E-state index in [1.54, 1.807) is 51.1 Å². The zero-order chi connectivity index (χ0) is 25.5. The summed E-state index contributed by atoms with van der Waals surface area (Å²) in [7, 11) is 1.51. The van der Waals surface area contributed by atoms with E-state index in [2.05, 4.69) is 0 Å². The highest BCUT2D eigenvalue weighted by molar-refractivity contribution is 5.93. The molecule has 0 aliphatic rings. The third kappa shape index (κ3) is 9.01. The second kappa shape index (κ2) is 11.3. The number of nitrogens with one attached hydrogen (secondary N) is 1. The van der Waals surface area contributed by atoms with Crippen molar-refractivity contribution in [1.82, 2.24) is 10.2 Å². The second-order valence-corrected chi connectivity index (χ2v) is 8.78. The lowest BCUT2D eigenvalue weighted by Crippen LogP contribution is -2.52. The first-order chi connectivity index (χ1) is 15.7. The van der Waals surface area contributed by atoms with Gasteiger partial charge in [-0.15, -0.1) is 0 Å². The minimum atomic E-state index is -4.70. The summed E-state index contributed by atoms with van der Waals surface area (Å²) >= 11 is 0. The maximum atomic E-state index is 13.6. The summed E-state index contributed by atoms with van der Waals surface area (Å²) in [5, 5.41) is 1.92. The van der Waals surface area contributed by atoms with Gasteiger partial charge in [0.15, 0.2) is 6.61 Å². The minimum absolute atomic E-state index is 0.185. The van der Waals surface area contributed by atoms with E-state index in [9.17, 15) is 27.2 Å². The van der Waals surface area contributed by atoms with Crippen LogP contribution in [0.3, 0.4) is 0 Å². The van der Waals surface area contributed by atoms with Crippen LogP contribution in [-0.4, -0.2) is 54.8 Å². The van der Waals surface area contributed by atoms with Crippen LogP contribution in [0.25, 0.3) is 0 Å². The number of ether oxygens (including phenoxy) is 2. The lowest BCUT2D eigenvalue weighted by molar-refractivity contribution is -0.165. The van der Waals surface area contributed by atoms with Crippen LogP contribution in [0.5, 0.6) is 5.75 Å². The standard InChI is InChI=1S/C24H28F4N2O4/c1-23(2,3)34-22(32)18-12-17(25)10-11-19(18)33-15-21(31)29-20(24(26,27)28)14-30(4)13-16-8-6-5-7-9-16/h5-12,20H,13-15H2,1-4H3,(H,29,31). The molecule has 10 heteroatoms. The highest BCUT2D eigenvalue weighted by atomic mass is 19.4. The number of rotatable bonds is 9. The fourth-order valence-corrected chi connectivity index (χ4v) is 3.00. The van der Waals surface area contributed by atoms with E-state index in [0.717, 1.165) is 23.8 Å². The summed E-state index contributed by atoms with van der Waals surface area (Å²) in [6.45, 7) is 3.81. The van der Waals surface area contributed by atoms with Crippen LogP contribution in [-0.2, 0) is 16.1 Å². The van der Waals surface area contributed by atoms with Crippen LogP contribution in [0, 0.1) is 5.82 Å². The predicted octanol–water partition coefficient (Wildman–Crippen LogP) is 4.34. The molecule has 186 valence electrons. The highest BCUT2D eigenvalue weighted by Gasteiger charge is 2.41. The number of benzene rings is 2. The third-order valence-corrected chi connectivity index (χ3v) is 4.44. The second-order valence-electron chi connectivity index (χ2n) is 8.78. The number of likely N-dealkylation sites (N-methyl/N-ethyl adjacent to an activating group) is 1. The van der Waals surface area contributed by atoms with Crippen LogP contribution < -0.4 is 10.1 Å². The topological polar surface area (TPSA) is 67.9 Å². The molecule has 0 saturated heterocycles. The zero-order valence-corrected chi connectivity index (χ0v) is 19.4. The average molecular weight is 484 g/mol. The Bertz CT molecular complexity index is 975. The molecule has 0 bridgehead atoms. The van der Waals surface area contributed by atoms with Crippen molar-refractivity contribution in [2.24, 2.45) is 0 Å². The molecule has 2 aromatic carbocycles. The molecule has 0 aliphatic heterocycles. The molecular weight excluding hydrogens is 456 g/mol. The van der Waals surface area contributed by atoms with E-state index in [1.165, 1.54) is 11.9 Å². The molecule has 1 atom stereocenters. The molecule has 34 heavy (non-hydrogen) atoms. The van der Waals surface area contributed by atoms with Gasteiger partial charge in [-0.1, -0.05) is 30.3 Å². The van der Waals surface area contributed by atoms with Gasteiger partial charge in [0.05, 0.1) is 0 Å². The van der Waals surface area contributed by atoms with Crippen molar-refractivity contribution in [2.75, 3.05) is 20.2 Å². The summed E-state index contributed by atoms with van der Waals surface area (Å²) in [5.74, 6) is -2.86. The molecule has 0 heterocycles. The molecule has 2 aromatic rings. The van der Waals surface area contributed by atoms with Crippen molar-refractivity contribution >= 4 is 11.9 Å². The van der Waals surface area contributed by atoms with Crippen LogP contribution in [0.2, 0.25) is 0 Å². The number of hydrogen-bond donors (Lipinski definition) is 1. The Morgan fingerprint density at radius 3 is 2.29 bits per heavy atom. The SMILES string of the molecule is CN(Cc1ccccc1)CC(NC(=O)COc1ccc(F)cc1C(=O)OC(C)(C)C)C(F)(F)F. The fourth-order valence-electron chi connectivity index (χ4n) is 3.00. The van der Waals surface area contributed by atoms with Crippen molar-refractivity contribution in [2.45, 2.75) is 45.1 Å². The van der Waals surface area contributed by atoms with E-state index >= 15 is 0 Å². The Balaban J connectivity index is 2.03. The van der Waals surface area contributed by atoms with Gasteiger partial charge in [-0.2, -0.15) is 13.2 Å². The Kier molecular flexibility index (Phi) is 9.03. The number of esters is 1. The van der Waals surface area contributed by atoms with Gasteiger partial charge in [0.25, 0.3) is 5.91 Å². The van der Waals surface area contributed by atoms with Gasteiger partial charge in [-0.25, -0.2) is 9.18 Å². The number of carbonyl (C=O) groups is 2. The number of hydrogen-bond acceptors (Lipinski definition) is 5. The first-order valence-corrected chi connectivity index (χ1v) is 10.5. The van der Waals surface area contributed by atoms with Gasteiger partial charge in [-0.05, 0) is 51.6 Å². The monoisotopic (exact) mass is 484 g/mol. The Morgan fingerprint density at radius 1 is 1.06 bits per heavy atom. The lowest BCUT2D eigenvalue weighted by Gasteiger charge is -2.27. The van der Waals surface area contributed by atoms with E-state index < -0.39 is 48.7 Å². The highest BCUT2D eigenvalue weighted by Crippen LogP contribution is 2.24. The summed E-state index contributed by atoms with van der Waals surface area (Å²) in [6.07, 6.45) is -4.70. The van der Waals surface area contributed by atoms with Crippen molar-refractivity contribution in [3.63, 3.8) is 0 Å². The molecule has 2 rings (SSSR count). The molecule has 0 radical (unpaired) electrons. The summed E-state index contributed by atoms with van der Waals surface area (Å²) in [5.41, 5.74) is -0.326. The number of carbonyl (C=O) groups excluding carboxylic acids is 2. The number of alkyl halides is 3. The van der Waals surface area contributed by atoms with E-state index in [-0.39, 0.29) is 17.9 Å². The van der Waals surface area contributed by atoms with Crippen molar-refractivity contribution < 1.29 is 36.6 Å². The molecule has 0 saturated carbocycles. The quantitative estimate of drug-likeness (QED) is 0.424. The Morgan fingerprint density at radius 2 is 1.71 bits per heavy atom. The average Bonchev–Trinajstić information content (AvgIpc) is 2.71. The molecule has 6 nitrogen and oxygen atoms in total. The van der Waals surface area contributed by atoms with Gasteiger partial charge >= 0.3 is 12.1 Å². The van der Waals surface area contributed by atoms with Crippen molar-refractivity contribution in [3.05, 3.63) is 65.5 Å². The Labute approximate surface area is 195 Å². The van der Waals surface area contributed by atoms with Crippen LogP contribution in [0.1, 0.15) is 36.7 Å². The summed E-state index contributed by atoms with van der Waals surface area (Å²) < 4.78 is 64.7. The normalized spacial score (nSPS) is 12.9. The first kappa shape index (κ1) is 27.1. The smallest absolute Gasteiger partial charge is 0.409 e. The Hall–Kier alpha value is -3.14. The van der Waals surface area contributed by atoms with E-state index in [1.807, 2.05) is 5.32 Å². The predicted molar refractivity (Wildman–Crippen MR) is 118 cm³/mol. The minimum Gasteiger partial charge on any atom is -0.483 e. The van der Waals surface area contributed by atoms with Crippen molar-refractivity contribution in [1.29, 1.82) is 0 Å². The first-order valence-electron chi connectivity index (χ1n) is 10.5. The number of nitrogens with zero attached hydrogens (tertiary/aromatic N) is 1. The molecule has 1 unspecified atom stereocenters. The van der Waals surface area contributed by atoms with Gasteiger partial charge in [0.1, 0.15) is 28.8 Å².